The molecule has 36 heavy (non-hydrogen) atoms. The van der Waals surface area contributed by atoms with Crippen LogP contribution in [0.3, 0.4) is 0 Å². The fourth-order valence-corrected chi connectivity index (χ4v) is 5.22. The Morgan fingerprint density at radius 2 is 1.67 bits per heavy atom. The molecule has 0 heterocycles. The molecule has 0 aliphatic carbocycles. The first kappa shape index (κ1) is 27.2. The molecule has 1 atom stereocenters. The van der Waals surface area contributed by atoms with Crippen molar-refractivity contribution >= 4 is 39.1 Å². The average Bonchev–Trinajstić information content (AvgIpc) is 2.86. The maximum Gasteiger partial charge on any atom is 0.264 e. The molecule has 3 rings (SSSR count). The van der Waals surface area contributed by atoms with Crippen molar-refractivity contribution in [2.24, 2.45) is 0 Å². The Balaban J connectivity index is 2.00. The van der Waals surface area contributed by atoms with Crippen molar-refractivity contribution in [2.75, 3.05) is 17.4 Å². The van der Waals surface area contributed by atoms with Gasteiger partial charge in [0.05, 0.1) is 10.6 Å². The summed E-state index contributed by atoms with van der Waals surface area (Å²) in [7, 11) is -4.24. The van der Waals surface area contributed by atoms with Crippen LogP contribution in [0.15, 0.2) is 83.8 Å². The maximum atomic E-state index is 13.6. The zero-order valence-electron chi connectivity index (χ0n) is 19.9. The number of nitrogens with one attached hydrogen (secondary N) is 1. The molecule has 3 aromatic rings. The highest BCUT2D eigenvalue weighted by atomic mass is 35.5. The molecule has 0 fully saturated rings. The first-order valence-corrected chi connectivity index (χ1v) is 13.1. The van der Waals surface area contributed by atoms with E-state index in [-0.39, 0.29) is 23.0 Å². The molecule has 0 bridgehead atoms. The van der Waals surface area contributed by atoms with Crippen LogP contribution in [-0.2, 0) is 26.2 Å². The second kappa shape index (κ2) is 12.0. The van der Waals surface area contributed by atoms with Crippen LogP contribution in [0, 0.1) is 5.82 Å². The third-order valence-corrected chi connectivity index (χ3v) is 7.51. The smallest absolute Gasteiger partial charge is 0.264 e. The molecule has 0 spiro atoms. The number of carbonyl (C=O) groups is 2. The molecule has 0 aliphatic heterocycles. The number of halogens is 2. The van der Waals surface area contributed by atoms with Gasteiger partial charge in [-0.1, -0.05) is 41.9 Å². The predicted molar refractivity (Wildman–Crippen MR) is 138 cm³/mol. The molecule has 10 heteroatoms. The highest BCUT2D eigenvalue weighted by molar-refractivity contribution is 7.92. The number of hydrogen-bond acceptors (Lipinski definition) is 4. The minimum atomic E-state index is -4.24. The van der Waals surface area contributed by atoms with E-state index in [1.807, 2.05) is 0 Å². The summed E-state index contributed by atoms with van der Waals surface area (Å²) in [4.78, 5) is 27.4. The molecule has 7 nitrogen and oxygen atoms in total. The summed E-state index contributed by atoms with van der Waals surface area (Å²) in [6.45, 7) is 3.18. The Labute approximate surface area is 215 Å². The number of likely N-dealkylation sites (N-methyl/N-ethyl adjacent to an activating group) is 1. The summed E-state index contributed by atoms with van der Waals surface area (Å²) < 4.78 is 41.5. The van der Waals surface area contributed by atoms with Gasteiger partial charge in [0.2, 0.25) is 11.8 Å². The standard InChI is InChI=1S/C26H27ClFN3O4S/c1-3-29-26(33)19(2)30(17-20-8-7-9-21(27)16-20)25(32)18-31(23-10-5-4-6-11-23)36(34,35)24-14-12-22(28)13-15-24/h4-16,19H,3,17-18H2,1-2H3,(H,29,33). The predicted octanol–water partition coefficient (Wildman–Crippen LogP) is 4.23. The molecule has 0 saturated heterocycles. The lowest BCUT2D eigenvalue weighted by atomic mass is 10.1. The zero-order valence-corrected chi connectivity index (χ0v) is 21.5. The highest BCUT2D eigenvalue weighted by Crippen LogP contribution is 2.25. The zero-order chi connectivity index (χ0) is 26.3. The normalized spacial score (nSPS) is 12.0. The van der Waals surface area contributed by atoms with Crippen LogP contribution in [0.1, 0.15) is 19.4 Å². The topological polar surface area (TPSA) is 86.8 Å². The summed E-state index contributed by atoms with van der Waals surface area (Å²) in [6.07, 6.45) is 0. The second-order valence-electron chi connectivity index (χ2n) is 8.02. The summed E-state index contributed by atoms with van der Waals surface area (Å²) in [5.74, 6) is -1.55. The van der Waals surface area contributed by atoms with Gasteiger partial charge in [-0.3, -0.25) is 13.9 Å². The molecule has 0 saturated carbocycles. The first-order valence-electron chi connectivity index (χ1n) is 11.3. The van der Waals surface area contributed by atoms with E-state index in [1.54, 1.807) is 68.4 Å². The molecule has 1 unspecified atom stereocenters. The van der Waals surface area contributed by atoms with Gasteiger partial charge in [-0.05, 0) is 67.9 Å². The summed E-state index contributed by atoms with van der Waals surface area (Å²) in [5, 5.41) is 3.17. The SMILES string of the molecule is CCNC(=O)C(C)N(Cc1cccc(Cl)c1)C(=O)CN(c1ccccc1)S(=O)(=O)c1ccc(F)cc1. The number of anilines is 1. The Morgan fingerprint density at radius 3 is 2.28 bits per heavy atom. The van der Waals surface area contributed by atoms with Crippen molar-refractivity contribution in [3.63, 3.8) is 0 Å². The van der Waals surface area contributed by atoms with E-state index in [9.17, 15) is 22.4 Å². The number of rotatable bonds is 10. The molecule has 0 aliphatic rings. The van der Waals surface area contributed by atoms with Gasteiger partial charge in [0, 0.05) is 18.1 Å². The highest BCUT2D eigenvalue weighted by Gasteiger charge is 2.32. The van der Waals surface area contributed by atoms with E-state index in [0.717, 1.165) is 28.6 Å². The Bertz CT molecular complexity index is 1300. The Hall–Kier alpha value is -3.43. The fraction of sp³-hybridized carbons (Fsp3) is 0.231. The van der Waals surface area contributed by atoms with Crippen LogP contribution in [0.2, 0.25) is 5.02 Å². The van der Waals surface area contributed by atoms with Gasteiger partial charge >= 0.3 is 0 Å². The van der Waals surface area contributed by atoms with E-state index in [0.29, 0.717) is 17.1 Å². The van der Waals surface area contributed by atoms with E-state index >= 15 is 0 Å². The monoisotopic (exact) mass is 531 g/mol. The lowest BCUT2D eigenvalue weighted by molar-refractivity contribution is -0.139. The minimum Gasteiger partial charge on any atom is -0.355 e. The summed E-state index contributed by atoms with van der Waals surface area (Å²) in [6, 6.07) is 18.5. The number of amides is 2. The largest absolute Gasteiger partial charge is 0.355 e. The Kier molecular flexibility index (Phi) is 9.06. The molecule has 0 aromatic heterocycles. The van der Waals surface area contributed by atoms with Gasteiger partial charge in [-0.2, -0.15) is 0 Å². The van der Waals surface area contributed by atoms with Crippen LogP contribution < -0.4 is 9.62 Å². The van der Waals surface area contributed by atoms with Gasteiger partial charge in [-0.25, -0.2) is 12.8 Å². The second-order valence-corrected chi connectivity index (χ2v) is 10.3. The first-order chi connectivity index (χ1) is 17.1. The average molecular weight is 532 g/mol. The molecule has 3 aromatic carbocycles. The number of benzene rings is 3. The summed E-state index contributed by atoms with van der Waals surface area (Å²) in [5.41, 5.74) is 0.934. The van der Waals surface area contributed by atoms with Crippen LogP contribution in [0.5, 0.6) is 0 Å². The molecule has 0 radical (unpaired) electrons. The van der Waals surface area contributed by atoms with Gasteiger partial charge in [-0.15, -0.1) is 0 Å². The third kappa shape index (κ3) is 6.61. The number of carbonyl (C=O) groups excluding carboxylic acids is 2. The Morgan fingerprint density at radius 1 is 1.00 bits per heavy atom. The van der Waals surface area contributed by atoms with Crippen molar-refractivity contribution in [1.82, 2.24) is 10.2 Å². The third-order valence-electron chi connectivity index (χ3n) is 5.48. The van der Waals surface area contributed by atoms with E-state index in [2.05, 4.69) is 5.32 Å². The van der Waals surface area contributed by atoms with Crippen molar-refractivity contribution in [3.05, 3.63) is 95.3 Å². The quantitative estimate of drug-likeness (QED) is 0.424. The molecular formula is C26H27ClFN3O4S. The van der Waals surface area contributed by atoms with Gasteiger partial charge in [0.1, 0.15) is 18.4 Å². The van der Waals surface area contributed by atoms with Crippen molar-refractivity contribution in [2.45, 2.75) is 31.3 Å². The minimum absolute atomic E-state index is 0.0386. The molecule has 190 valence electrons. The number of sulfonamides is 1. The number of para-hydroxylation sites is 1. The number of hydrogen-bond donors (Lipinski definition) is 1. The number of nitrogens with zero attached hydrogens (tertiary/aromatic N) is 2. The van der Waals surface area contributed by atoms with Crippen LogP contribution in [0.4, 0.5) is 10.1 Å². The van der Waals surface area contributed by atoms with Crippen molar-refractivity contribution in [3.8, 4) is 0 Å². The van der Waals surface area contributed by atoms with Crippen molar-refractivity contribution in [1.29, 1.82) is 0 Å². The summed E-state index contributed by atoms with van der Waals surface area (Å²) >= 11 is 6.11. The van der Waals surface area contributed by atoms with Gasteiger partial charge in [0.15, 0.2) is 0 Å². The van der Waals surface area contributed by atoms with E-state index < -0.39 is 34.3 Å². The van der Waals surface area contributed by atoms with Gasteiger partial charge < -0.3 is 10.2 Å². The molecule has 2 amide bonds. The van der Waals surface area contributed by atoms with Crippen LogP contribution in [0.25, 0.3) is 0 Å². The van der Waals surface area contributed by atoms with Crippen LogP contribution in [-0.4, -0.2) is 44.3 Å². The molecule has 1 N–H and O–H groups in total. The van der Waals surface area contributed by atoms with Crippen LogP contribution >= 0.6 is 11.6 Å². The lowest BCUT2D eigenvalue weighted by Crippen LogP contribution is -2.51. The van der Waals surface area contributed by atoms with Gasteiger partial charge in [0.25, 0.3) is 10.0 Å². The van der Waals surface area contributed by atoms with E-state index in [1.165, 1.54) is 4.90 Å². The van der Waals surface area contributed by atoms with Crippen molar-refractivity contribution < 1.29 is 22.4 Å². The molecular weight excluding hydrogens is 505 g/mol. The lowest BCUT2D eigenvalue weighted by Gasteiger charge is -2.32. The maximum absolute atomic E-state index is 13.6. The van der Waals surface area contributed by atoms with E-state index in [4.69, 9.17) is 11.6 Å². The fourth-order valence-electron chi connectivity index (χ4n) is 3.59.